The van der Waals surface area contributed by atoms with Gasteiger partial charge in [0, 0.05) is 37.1 Å². The molecular formula is C25H33N5O4S. The number of hydrogen-bond donors (Lipinski definition) is 4. The molecule has 0 bridgehead atoms. The Labute approximate surface area is 207 Å². The summed E-state index contributed by atoms with van der Waals surface area (Å²) in [5, 5.41) is 13.8. The van der Waals surface area contributed by atoms with Crippen LogP contribution in [0.4, 0.5) is 16.6 Å². The first-order chi connectivity index (χ1) is 16.5. The van der Waals surface area contributed by atoms with Crippen molar-refractivity contribution >= 4 is 39.4 Å². The Morgan fingerprint density at radius 3 is 2.63 bits per heavy atom. The second-order valence-electron chi connectivity index (χ2n) is 9.82. The third-order valence-electron chi connectivity index (χ3n) is 6.12. The van der Waals surface area contributed by atoms with E-state index in [2.05, 4.69) is 5.32 Å². The van der Waals surface area contributed by atoms with Gasteiger partial charge in [0.25, 0.3) is 0 Å². The van der Waals surface area contributed by atoms with Gasteiger partial charge in [-0.05, 0) is 51.5 Å². The van der Waals surface area contributed by atoms with Crippen LogP contribution in [0.25, 0.3) is 10.9 Å². The van der Waals surface area contributed by atoms with Gasteiger partial charge in [0.2, 0.25) is 5.95 Å². The molecule has 0 fully saturated rings. The van der Waals surface area contributed by atoms with Gasteiger partial charge in [0.15, 0.2) is 0 Å². The van der Waals surface area contributed by atoms with E-state index in [1.54, 1.807) is 6.07 Å². The zero-order chi connectivity index (χ0) is 25.4. The van der Waals surface area contributed by atoms with Crippen molar-refractivity contribution < 1.29 is 19.0 Å². The number of aryl methyl sites for hydroxylation is 1. The lowest BCUT2D eigenvalue weighted by Gasteiger charge is -2.33. The van der Waals surface area contributed by atoms with E-state index in [0.717, 1.165) is 22.0 Å². The number of aromatic nitrogens is 2. The van der Waals surface area contributed by atoms with Gasteiger partial charge in [-0.15, -0.1) is 0 Å². The summed E-state index contributed by atoms with van der Waals surface area (Å²) in [6, 6.07) is 13.3. The monoisotopic (exact) mass is 499 g/mol. The average Bonchev–Trinajstić information content (AvgIpc) is 2.91. The predicted molar refractivity (Wildman–Crippen MR) is 141 cm³/mol. The van der Waals surface area contributed by atoms with Crippen LogP contribution in [-0.2, 0) is 6.54 Å². The van der Waals surface area contributed by atoms with Crippen LogP contribution in [0, 0.1) is 6.92 Å². The van der Waals surface area contributed by atoms with Gasteiger partial charge in [-0.25, -0.2) is 9.78 Å². The fourth-order valence-electron chi connectivity index (χ4n) is 4.27. The number of hydrogen-bond acceptors (Lipinski definition) is 7. The van der Waals surface area contributed by atoms with Crippen molar-refractivity contribution in [2.75, 3.05) is 35.6 Å². The number of benzene rings is 2. The van der Waals surface area contributed by atoms with Crippen LogP contribution in [0.15, 0.2) is 47.4 Å². The normalized spacial score (nSPS) is 16.3. The SMILES string of the molecule is Cc1ccc2nc(N3CCS(O)(O)c4ccccc4C3)nc(NCCN(C(=O)O)C(C)(C)C)c2c1. The van der Waals surface area contributed by atoms with Crippen LogP contribution < -0.4 is 10.2 Å². The van der Waals surface area contributed by atoms with Crippen LogP contribution in [0.5, 0.6) is 0 Å². The average molecular weight is 500 g/mol. The number of carboxylic acid groups (broad SMARTS) is 1. The molecule has 2 aromatic carbocycles. The zero-order valence-electron chi connectivity index (χ0n) is 20.5. The zero-order valence-corrected chi connectivity index (χ0v) is 21.3. The maximum absolute atomic E-state index is 11.7. The maximum atomic E-state index is 11.7. The predicted octanol–water partition coefficient (Wildman–Crippen LogP) is 5.26. The number of carbonyl (C=O) groups is 1. The van der Waals surface area contributed by atoms with E-state index in [9.17, 15) is 19.0 Å². The fourth-order valence-corrected chi connectivity index (χ4v) is 5.81. The van der Waals surface area contributed by atoms with Gasteiger partial charge >= 0.3 is 6.09 Å². The molecule has 1 aliphatic heterocycles. The van der Waals surface area contributed by atoms with Crippen molar-refractivity contribution in [3.05, 3.63) is 53.6 Å². The molecule has 4 rings (SSSR count). The minimum Gasteiger partial charge on any atom is -0.465 e. The molecule has 10 heteroatoms. The Bertz CT molecular complexity index is 1240. The Morgan fingerprint density at radius 2 is 1.91 bits per heavy atom. The van der Waals surface area contributed by atoms with Crippen LogP contribution in [0.2, 0.25) is 0 Å². The smallest absolute Gasteiger partial charge is 0.407 e. The number of fused-ring (bicyclic) bond motifs is 2. The lowest BCUT2D eigenvalue weighted by Crippen LogP contribution is -2.47. The summed E-state index contributed by atoms with van der Waals surface area (Å²) in [4.78, 5) is 25.3. The molecule has 0 saturated heterocycles. The highest BCUT2D eigenvalue weighted by Gasteiger charge is 2.28. The van der Waals surface area contributed by atoms with Gasteiger partial charge in [-0.3, -0.25) is 9.11 Å². The number of nitrogens with one attached hydrogen (secondary N) is 1. The first-order valence-corrected chi connectivity index (χ1v) is 13.3. The van der Waals surface area contributed by atoms with Gasteiger partial charge < -0.3 is 20.2 Å². The first kappa shape index (κ1) is 25.0. The lowest BCUT2D eigenvalue weighted by atomic mass is 10.1. The molecule has 0 saturated carbocycles. The Morgan fingerprint density at radius 1 is 1.17 bits per heavy atom. The van der Waals surface area contributed by atoms with E-state index >= 15 is 0 Å². The highest BCUT2D eigenvalue weighted by Crippen LogP contribution is 2.51. The molecular weight excluding hydrogens is 466 g/mol. The fraction of sp³-hybridized carbons (Fsp3) is 0.400. The number of nitrogens with zero attached hydrogens (tertiary/aromatic N) is 4. The standard InChI is InChI=1S/C25H33N5O4S/c1-17-9-10-20-19(15-17)22(26-11-12-30(24(31)32)25(2,3)4)28-23(27-20)29-13-14-35(33,34)21-8-6-5-7-18(21)16-29/h5-10,15,33-34H,11-14,16H2,1-4H3,(H,31,32)(H,26,27,28). The number of amides is 1. The van der Waals surface area contributed by atoms with Crippen molar-refractivity contribution in [3.63, 3.8) is 0 Å². The molecule has 3 aromatic rings. The summed E-state index contributed by atoms with van der Waals surface area (Å²) in [5.41, 5.74) is 2.15. The molecule has 4 N–H and O–H groups in total. The minimum absolute atomic E-state index is 0.196. The highest BCUT2D eigenvalue weighted by molar-refractivity contribution is 8.24. The number of rotatable bonds is 5. The molecule has 0 spiro atoms. The van der Waals surface area contributed by atoms with Crippen molar-refractivity contribution in [2.24, 2.45) is 0 Å². The quantitative estimate of drug-likeness (QED) is 0.375. The van der Waals surface area contributed by atoms with Crippen LogP contribution in [0.1, 0.15) is 31.9 Å². The van der Waals surface area contributed by atoms with E-state index in [0.29, 0.717) is 42.8 Å². The second-order valence-corrected chi connectivity index (χ2v) is 12.0. The minimum atomic E-state index is -2.90. The molecule has 1 aliphatic rings. The van der Waals surface area contributed by atoms with Gasteiger partial charge in [-0.1, -0.05) is 29.8 Å². The van der Waals surface area contributed by atoms with Gasteiger partial charge in [0.1, 0.15) is 5.82 Å². The van der Waals surface area contributed by atoms with E-state index in [-0.39, 0.29) is 5.75 Å². The van der Waals surface area contributed by atoms with Crippen LogP contribution in [-0.4, -0.2) is 66.1 Å². The van der Waals surface area contributed by atoms with Gasteiger partial charge in [-0.2, -0.15) is 15.6 Å². The van der Waals surface area contributed by atoms with Crippen molar-refractivity contribution in [1.29, 1.82) is 0 Å². The maximum Gasteiger partial charge on any atom is 0.407 e. The molecule has 9 nitrogen and oxygen atoms in total. The van der Waals surface area contributed by atoms with Crippen molar-refractivity contribution in [1.82, 2.24) is 14.9 Å². The van der Waals surface area contributed by atoms with E-state index in [1.165, 1.54) is 4.90 Å². The van der Waals surface area contributed by atoms with Crippen molar-refractivity contribution in [3.8, 4) is 0 Å². The summed E-state index contributed by atoms with van der Waals surface area (Å²) in [6.07, 6.45) is -0.967. The largest absolute Gasteiger partial charge is 0.465 e. The molecule has 0 aliphatic carbocycles. The van der Waals surface area contributed by atoms with Crippen molar-refractivity contribution in [2.45, 2.75) is 44.7 Å². The molecule has 0 unspecified atom stereocenters. The highest BCUT2D eigenvalue weighted by atomic mass is 32.3. The van der Waals surface area contributed by atoms with E-state index in [4.69, 9.17) is 9.97 Å². The molecule has 1 amide bonds. The first-order valence-electron chi connectivity index (χ1n) is 11.6. The summed E-state index contributed by atoms with van der Waals surface area (Å²) in [5.74, 6) is 1.31. The molecule has 0 radical (unpaired) electrons. The van der Waals surface area contributed by atoms with Crippen LogP contribution in [0.3, 0.4) is 0 Å². The third-order valence-corrected chi connectivity index (χ3v) is 7.98. The summed E-state index contributed by atoms with van der Waals surface area (Å²) in [6.45, 7) is 9.12. The summed E-state index contributed by atoms with van der Waals surface area (Å²) in [7, 11) is -2.90. The summed E-state index contributed by atoms with van der Waals surface area (Å²) >= 11 is 0. The Hall–Kier alpha value is -3.08. The molecule has 2 heterocycles. The topological polar surface area (TPSA) is 122 Å². The van der Waals surface area contributed by atoms with Crippen LogP contribution >= 0.6 is 10.6 Å². The molecule has 1 aromatic heterocycles. The van der Waals surface area contributed by atoms with E-state index < -0.39 is 22.2 Å². The Kier molecular flexibility index (Phi) is 6.81. The van der Waals surface area contributed by atoms with Gasteiger partial charge in [0.05, 0.1) is 16.2 Å². The second kappa shape index (κ2) is 9.52. The number of anilines is 2. The molecule has 0 atom stereocenters. The molecule has 35 heavy (non-hydrogen) atoms. The lowest BCUT2D eigenvalue weighted by molar-refractivity contribution is 0.103. The van der Waals surface area contributed by atoms with E-state index in [1.807, 2.05) is 69.0 Å². The third kappa shape index (κ3) is 5.44. The Balaban J connectivity index is 1.66. The summed E-state index contributed by atoms with van der Waals surface area (Å²) < 4.78 is 21.4. The molecule has 188 valence electrons.